The molecule has 0 saturated heterocycles. The second-order valence-electron chi connectivity index (χ2n) is 5.51. The summed E-state index contributed by atoms with van der Waals surface area (Å²) in [5.74, 6) is 1.50. The first-order valence-corrected chi connectivity index (χ1v) is 7.85. The topological polar surface area (TPSA) is 67.9 Å². The summed E-state index contributed by atoms with van der Waals surface area (Å²) in [7, 11) is 0. The lowest BCUT2D eigenvalue weighted by molar-refractivity contribution is -0.145. The van der Waals surface area contributed by atoms with Gasteiger partial charge >= 0.3 is 5.97 Å². The Hall–Kier alpha value is -1.39. The molecule has 0 radical (unpaired) electrons. The van der Waals surface area contributed by atoms with Crippen molar-refractivity contribution in [2.24, 2.45) is 0 Å². The Labute approximate surface area is 120 Å². The molecule has 1 fully saturated rings. The third-order valence-electron chi connectivity index (χ3n) is 3.97. The van der Waals surface area contributed by atoms with Crippen LogP contribution in [0.5, 0.6) is 0 Å². The van der Waals surface area contributed by atoms with Gasteiger partial charge in [-0.2, -0.15) is 5.10 Å². The van der Waals surface area contributed by atoms with Crippen molar-refractivity contribution in [1.29, 1.82) is 0 Å². The van der Waals surface area contributed by atoms with Crippen molar-refractivity contribution in [3.63, 3.8) is 0 Å². The lowest BCUT2D eigenvalue weighted by atomic mass is 9.89. The van der Waals surface area contributed by atoms with Gasteiger partial charge in [0.15, 0.2) is 5.82 Å². The Morgan fingerprint density at radius 1 is 1.35 bits per heavy atom. The molecule has 2 rings (SSSR count). The summed E-state index contributed by atoms with van der Waals surface area (Å²) in [6.45, 7) is 4.28. The van der Waals surface area contributed by atoms with Crippen LogP contribution in [-0.2, 0) is 9.53 Å². The highest BCUT2D eigenvalue weighted by Crippen LogP contribution is 2.31. The Morgan fingerprint density at radius 3 is 2.75 bits per heavy atom. The lowest BCUT2D eigenvalue weighted by Gasteiger charge is -2.18. The first-order chi connectivity index (χ1) is 9.76. The van der Waals surface area contributed by atoms with E-state index in [1.807, 2.05) is 6.92 Å². The largest absolute Gasteiger partial charge is 0.465 e. The summed E-state index contributed by atoms with van der Waals surface area (Å²) in [5, 5.41) is 7.32. The van der Waals surface area contributed by atoms with Gasteiger partial charge in [-0.15, -0.1) is 0 Å². The molecule has 1 unspecified atom stereocenters. The zero-order valence-corrected chi connectivity index (χ0v) is 12.5. The van der Waals surface area contributed by atoms with Gasteiger partial charge in [0.1, 0.15) is 11.7 Å². The van der Waals surface area contributed by atoms with Crippen molar-refractivity contribution in [2.45, 2.75) is 70.6 Å². The normalized spacial score (nSPS) is 17.9. The number of aromatic nitrogens is 3. The Bertz CT molecular complexity index is 425. The Morgan fingerprint density at radius 2 is 2.10 bits per heavy atom. The van der Waals surface area contributed by atoms with E-state index in [2.05, 4.69) is 22.1 Å². The molecule has 112 valence electrons. The SMILES string of the molecule is CCCC(C(=O)OCC)c1n[nH]c(C2CCCCC2)n1. The number of hydrogen-bond acceptors (Lipinski definition) is 4. The maximum atomic E-state index is 12.0. The van der Waals surface area contributed by atoms with Gasteiger partial charge < -0.3 is 4.74 Å². The molecule has 5 heteroatoms. The highest BCUT2D eigenvalue weighted by molar-refractivity contribution is 5.76. The molecule has 1 aromatic heterocycles. The van der Waals surface area contributed by atoms with Crippen LogP contribution in [0.1, 0.15) is 82.3 Å². The summed E-state index contributed by atoms with van der Waals surface area (Å²) >= 11 is 0. The first-order valence-electron chi connectivity index (χ1n) is 7.85. The number of esters is 1. The van der Waals surface area contributed by atoms with Crippen LogP contribution >= 0.6 is 0 Å². The van der Waals surface area contributed by atoms with Crippen molar-refractivity contribution >= 4 is 5.97 Å². The van der Waals surface area contributed by atoms with Crippen LogP contribution in [0.3, 0.4) is 0 Å². The molecule has 1 aromatic rings. The number of carbonyl (C=O) groups excluding carboxylic acids is 1. The second kappa shape index (κ2) is 7.41. The van der Waals surface area contributed by atoms with E-state index in [1.54, 1.807) is 0 Å². The first kappa shape index (κ1) is 15.0. The van der Waals surface area contributed by atoms with E-state index in [4.69, 9.17) is 4.74 Å². The van der Waals surface area contributed by atoms with Crippen LogP contribution in [0.25, 0.3) is 0 Å². The number of H-pyrrole nitrogens is 1. The third kappa shape index (κ3) is 3.58. The number of nitrogens with zero attached hydrogens (tertiary/aromatic N) is 2. The average molecular weight is 279 g/mol. The number of hydrogen-bond donors (Lipinski definition) is 1. The Kier molecular flexibility index (Phi) is 5.56. The zero-order valence-electron chi connectivity index (χ0n) is 12.5. The highest BCUT2D eigenvalue weighted by Gasteiger charge is 2.27. The van der Waals surface area contributed by atoms with Crippen LogP contribution in [0, 0.1) is 0 Å². The molecule has 1 aliphatic rings. The molecule has 5 nitrogen and oxygen atoms in total. The van der Waals surface area contributed by atoms with Gasteiger partial charge in [-0.3, -0.25) is 9.89 Å². The molecular formula is C15H25N3O2. The van der Waals surface area contributed by atoms with E-state index in [9.17, 15) is 4.79 Å². The van der Waals surface area contributed by atoms with Crippen LogP contribution in [0.4, 0.5) is 0 Å². The molecule has 1 atom stereocenters. The smallest absolute Gasteiger partial charge is 0.316 e. The molecule has 0 aliphatic heterocycles. The van der Waals surface area contributed by atoms with Crippen molar-refractivity contribution < 1.29 is 9.53 Å². The molecule has 0 aromatic carbocycles. The van der Waals surface area contributed by atoms with Gasteiger partial charge in [-0.25, -0.2) is 4.98 Å². The van der Waals surface area contributed by atoms with Gasteiger partial charge in [0.2, 0.25) is 0 Å². The van der Waals surface area contributed by atoms with Crippen LogP contribution in [0.2, 0.25) is 0 Å². The van der Waals surface area contributed by atoms with E-state index in [0.717, 1.165) is 18.7 Å². The van der Waals surface area contributed by atoms with Gasteiger partial charge in [-0.05, 0) is 26.2 Å². The number of carbonyl (C=O) groups is 1. The minimum absolute atomic E-state index is 0.205. The third-order valence-corrected chi connectivity index (χ3v) is 3.97. The van der Waals surface area contributed by atoms with E-state index >= 15 is 0 Å². The van der Waals surface area contributed by atoms with Crippen LogP contribution in [-0.4, -0.2) is 27.8 Å². The van der Waals surface area contributed by atoms with E-state index in [0.29, 0.717) is 18.3 Å². The summed E-state index contributed by atoms with van der Waals surface area (Å²) in [4.78, 5) is 16.6. The fourth-order valence-electron chi connectivity index (χ4n) is 2.89. The van der Waals surface area contributed by atoms with Crippen molar-refractivity contribution in [3.8, 4) is 0 Å². The molecule has 20 heavy (non-hydrogen) atoms. The zero-order chi connectivity index (χ0) is 14.4. The van der Waals surface area contributed by atoms with E-state index in [1.165, 1.54) is 32.1 Å². The number of nitrogens with one attached hydrogen (secondary N) is 1. The average Bonchev–Trinajstić information content (AvgIpc) is 2.95. The molecule has 0 spiro atoms. The monoisotopic (exact) mass is 279 g/mol. The predicted molar refractivity (Wildman–Crippen MR) is 76.5 cm³/mol. The summed E-state index contributed by atoms with van der Waals surface area (Å²) in [5.41, 5.74) is 0. The molecule has 1 aliphatic carbocycles. The molecule has 1 N–H and O–H groups in total. The molecule has 1 heterocycles. The maximum absolute atomic E-state index is 12.0. The second-order valence-corrected chi connectivity index (χ2v) is 5.51. The molecular weight excluding hydrogens is 254 g/mol. The van der Waals surface area contributed by atoms with Crippen molar-refractivity contribution in [1.82, 2.24) is 15.2 Å². The molecule has 1 saturated carbocycles. The number of ether oxygens (including phenoxy) is 1. The van der Waals surface area contributed by atoms with Gasteiger partial charge in [0, 0.05) is 5.92 Å². The van der Waals surface area contributed by atoms with Crippen molar-refractivity contribution in [2.75, 3.05) is 6.61 Å². The summed E-state index contributed by atoms with van der Waals surface area (Å²) < 4.78 is 5.13. The van der Waals surface area contributed by atoms with Crippen LogP contribution < -0.4 is 0 Å². The fraction of sp³-hybridized carbons (Fsp3) is 0.800. The van der Waals surface area contributed by atoms with E-state index in [-0.39, 0.29) is 11.9 Å². The standard InChI is InChI=1S/C15H25N3O2/c1-3-8-12(15(19)20-4-2)14-16-13(17-18-14)11-9-6-5-7-10-11/h11-12H,3-10H2,1-2H3,(H,16,17,18). The Balaban J connectivity index is 2.09. The van der Waals surface area contributed by atoms with Gasteiger partial charge in [0.25, 0.3) is 0 Å². The quantitative estimate of drug-likeness (QED) is 0.811. The predicted octanol–water partition coefficient (Wildman–Crippen LogP) is 3.30. The molecule has 0 amide bonds. The van der Waals surface area contributed by atoms with Crippen LogP contribution in [0.15, 0.2) is 0 Å². The van der Waals surface area contributed by atoms with E-state index < -0.39 is 0 Å². The highest BCUT2D eigenvalue weighted by atomic mass is 16.5. The van der Waals surface area contributed by atoms with Gasteiger partial charge in [0.05, 0.1) is 6.61 Å². The summed E-state index contributed by atoms with van der Waals surface area (Å²) in [6, 6.07) is 0. The van der Waals surface area contributed by atoms with Crippen molar-refractivity contribution in [3.05, 3.63) is 11.6 Å². The minimum Gasteiger partial charge on any atom is -0.465 e. The minimum atomic E-state index is -0.325. The maximum Gasteiger partial charge on any atom is 0.316 e. The molecule has 0 bridgehead atoms. The lowest BCUT2D eigenvalue weighted by Crippen LogP contribution is -2.17. The number of aromatic amines is 1. The van der Waals surface area contributed by atoms with Gasteiger partial charge in [-0.1, -0.05) is 32.6 Å². The number of rotatable bonds is 6. The fourth-order valence-corrected chi connectivity index (χ4v) is 2.89. The summed E-state index contributed by atoms with van der Waals surface area (Å²) in [6.07, 6.45) is 7.84.